The summed E-state index contributed by atoms with van der Waals surface area (Å²) in [6.45, 7) is 4.56. The number of hydrogen-bond donors (Lipinski definition) is 1. The normalized spacial score (nSPS) is 10.5. The van der Waals surface area contributed by atoms with Crippen LogP contribution in [-0.2, 0) is 6.54 Å². The standard InChI is InChI=1S/C19H20N4O2/c1-13-10-17(14(2)23(13)12-16-6-4-5-9-20-16)19(24)22-15-7-8-18(25-3)21-11-15/h4-11H,12H2,1-3H3,(H,22,24). The van der Waals surface area contributed by atoms with Crippen LogP contribution in [0.2, 0.25) is 0 Å². The lowest BCUT2D eigenvalue weighted by atomic mass is 10.2. The zero-order valence-corrected chi connectivity index (χ0v) is 14.5. The number of hydrogen-bond acceptors (Lipinski definition) is 4. The van der Waals surface area contributed by atoms with Crippen LogP contribution >= 0.6 is 0 Å². The molecule has 0 fully saturated rings. The van der Waals surface area contributed by atoms with Crippen molar-refractivity contribution in [3.63, 3.8) is 0 Å². The molecule has 0 aliphatic rings. The van der Waals surface area contributed by atoms with Crippen LogP contribution in [0.1, 0.15) is 27.4 Å². The summed E-state index contributed by atoms with van der Waals surface area (Å²) in [4.78, 5) is 21.1. The van der Waals surface area contributed by atoms with E-state index in [1.807, 2.05) is 38.1 Å². The van der Waals surface area contributed by atoms with Gasteiger partial charge in [-0.25, -0.2) is 4.98 Å². The number of amides is 1. The number of aromatic nitrogens is 3. The Balaban J connectivity index is 1.80. The first kappa shape index (κ1) is 16.7. The topological polar surface area (TPSA) is 69.0 Å². The van der Waals surface area contributed by atoms with Gasteiger partial charge in [0.25, 0.3) is 5.91 Å². The lowest BCUT2D eigenvalue weighted by Crippen LogP contribution is -2.14. The van der Waals surface area contributed by atoms with Gasteiger partial charge in [0.2, 0.25) is 5.88 Å². The van der Waals surface area contributed by atoms with E-state index in [2.05, 4.69) is 19.9 Å². The maximum Gasteiger partial charge on any atom is 0.257 e. The quantitative estimate of drug-likeness (QED) is 0.777. The monoisotopic (exact) mass is 336 g/mol. The van der Waals surface area contributed by atoms with E-state index in [-0.39, 0.29) is 5.91 Å². The number of pyridine rings is 2. The minimum absolute atomic E-state index is 0.160. The molecule has 3 aromatic rings. The molecule has 0 aliphatic carbocycles. The van der Waals surface area contributed by atoms with Crippen LogP contribution in [0.5, 0.6) is 5.88 Å². The van der Waals surface area contributed by atoms with Crippen molar-refractivity contribution < 1.29 is 9.53 Å². The zero-order valence-electron chi connectivity index (χ0n) is 14.5. The fraction of sp³-hybridized carbons (Fsp3) is 0.211. The summed E-state index contributed by atoms with van der Waals surface area (Å²) in [6, 6.07) is 11.2. The molecule has 0 atom stereocenters. The zero-order chi connectivity index (χ0) is 17.8. The van der Waals surface area contributed by atoms with E-state index in [4.69, 9.17) is 4.74 Å². The number of rotatable bonds is 5. The van der Waals surface area contributed by atoms with E-state index in [9.17, 15) is 4.79 Å². The molecule has 0 aromatic carbocycles. The van der Waals surface area contributed by atoms with Crippen LogP contribution in [0.25, 0.3) is 0 Å². The highest BCUT2D eigenvalue weighted by molar-refractivity contribution is 6.05. The molecule has 0 saturated carbocycles. The molecule has 3 aromatic heterocycles. The number of nitrogens with one attached hydrogen (secondary N) is 1. The van der Waals surface area contributed by atoms with Crippen LogP contribution in [-0.4, -0.2) is 27.6 Å². The van der Waals surface area contributed by atoms with Crippen molar-refractivity contribution >= 4 is 11.6 Å². The number of methoxy groups -OCH3 is 1. The van der Waals surface area contributed by atoms with Gasteiger partial charge in [0.15, 0.2) is 0 Å². The molecule has 0 bridgehead atoms. The molecule has 6 heteroatoms. The Hall–Kier alpha value is -3.15. The highest BCUT2D eigenvalue weighted by Gasteiger charge is 2.16. The second kappa shape index (κ2) is 7.17. The first-order valence-corrected chi connectivity index (χ1v) is 7.96. The number of ether oxygens (including phenoxy) is 1. The third-order valence-electron chi connectivity index (χ3n) is 4.07. The highest BCUT2D eigenvalue weighted by Crippen LogP contribution is 2.19. The van der Waals surface area contributed by atoms with Gasteiger partial charge in [-0.1, -0.05) is 6.07 Å². The van der Waals surface area contributed by atoms with E-state index >= 15 is 0 Å². The first-order chi connectivity index (χ1) is 12.1. The Bertz CT molecular complexity index is 870. The summed E-state index contributed by atoms with van der Waals surface area (Å²) in [6.07, 6.45) is 3.34. The third kappa shape index (κ3) is 3.68. The van der Waals surface area contributed by atoms with Crippen LogP contribution in [0.4, 0.5) is 5.69 Å². The second-order valence-corrected chi connectivity index (χ2v) is 5.74. The van der Waals surface area contributed by atoms with Crippen LogP contribution < -0.4 is 10.1 Å². The molecule has 0 saturated heterocycles. The van der Waals surface area contributed by atoms with Crippen molar-refractivity contribution in [3.05, 3.63) is 71.4 Å². The number of anilines is 1. The van der Waals surface area contributed by atoms with Gasteiger partial charge in [0.1, 0.15) is 0 Å². The average molecular weight is 336 g/mol. The minimum Gasteiger partial charge on any atom is -0.481 e. The predicted octanol–water partition coefficient (Wildman–Crippen LogP) is 3.20. The molecule has 0 spiro atoms. The molecule has 128 valence electrons. The maximum absolute atomic E-state index is 12.6. The molecule has 0 aliphatic heterocycles. The van der Waals surface area contributed by atoms with Crippen LogP contribution in [0.15, 0.2) is 48.8 Å². The number of carbonyl (C=O) groups excluding carboxylic acids is 1. The van der Waals surface area contributed by atoms with Crippen molar-refractivity contribution in [1.82, 2.24) is 14.5 Å². The SMILES string of the molecule is COc1ccc(NC(=O)c2cc(C)n(Cc3ccccn3)c2C)cn1. The molecule has 1 N–H and O–H groups in total. The molecule has 3 heterocycles. The molecule has 1 amide bonds. The van der Waals surface area contributed by atoms with Gasteiger partial charge >= 0.3 is 0 Å². The summed E-state index contributed by atoms with van der Waals surface area (Å²) in [5, 5.41) is 2.87. The van der Waals surface area contributed by atoms with E-state index < -0.39 is 0 Å². The predicted molar refractivity (Wildman–Crippen MR) is 96.0 cm³/mol. The summed E-state index contributed by atoms with van der Waals surface area (Å²) in [7, 11) is 1.55. The molecule has 0 radical (unpaired) electrons. The van der Waals surface area contributed by atoms with Crippen molar-refractivity contribution in [2.24, 2.45) is 0 Å². The number of carbonyl (C=O) groups is 1. The highest BCUT2D eigenvalue weighted by atomic mass is 16.5. The lowest BCUT2D eigenvalue weighted by Gasteiger charge is -2.10. The molecule has 6 nitrogen and oxygen atoms in total. The molecular formula is C19H20N4O2. The van der Waals surface area contributed by atoms with Gasteiger partial charge in [0.05, 0.1) is 36.8 Å². The van der Waals surface area contributed by atoms with Crippen LogP contribution in [0.3, 0.4) is 0 Å². The Morgan fingerprint density at radius 2 is 2.04 bits per heavy atom. The lowest BCUT2D eigenvalue weighted by molar-refractivity contribution is 0.102. The summed E-state index contributed by atoms with van der Waals surface area (Å²) >= 11 is 0. The van der Waals surface area contributed by atoms with E-state index in [0.717, 1.165) is 17.1 Å². The van der Waals surface area contributed by atoms with Crippen molar-refractivity contribution in [1.29, 1.82) is 0 Å². The molecule has 3 rings (SSSR count). The van der Waals surface area contributed by atoms with Gasteiger partial charge < -0.3 is 14.6 Å². The van der Waals surface area contributed by atoms with Crippen molar-refractivity contribution in [2.75, 3.05) is 12.4 Å². The Morgan fingerprint density at radius 3 is 2.68 bits per heavy atom. The van der Waals surface area contributed by atoms with Gasteiger partial charge in [-0.05, 0) is 38.1 Å². The Kier molecular flexibility index (Phi) is 4.79. The summed E-state index contributed by atoms with van der Waals surface area (Å²) in [5.74, 6) is 0.346. The van der Waals surface area contributed by atoms with Gasteiger partial charge in [-0.2, -0.15) is 0 Å². The molecule has 0 unspecified atom stereocenters. The Labute approximate surface area is 146 Å². The largest absolute Gasteiger partial charge is 0.481 e. The van der Waals surface area contributed by atoms with Gasteiger partial charge in [-0.15, -0.1) is 0 Å². The summed E-state index contributed by atoms with van der Waals surface area (Å²) in [5.41, 5.74) is 4.14. The number of aryl methyl sites for hydroxylation is 1. The maximum atomic E-state index is 12.6. The fourth-order valence-corrected chi connectivity index (χ4v) is 2.70. The van der Waals surface area contributed by atoms with Crippen molar-refractivity contribution in [2.45, 2.75) is 20.4 Å². The van der Waals surface area contributed by atoms with Crippen molar-refractivity contribution in [3.8, 4) is 5.88 Å². The van der Waals surface area contributed by atoms with Gasteiger partial charge in [-0.3, -0.25) is 9.78 Å². The van der Waals surface area contributed by atoms with E-state index in [1.54, 1.807) is 31.6 Å². The minimum atomic E-state index is -0.160. The molecule has 25 heavy (non-hydrogen) atoms. The van der Waals surface area contributed by atoms with Gasteiger partial charge in [0, 0.05) is 23.7 Å². The third-order valence-corrected chi connectivity index (χ3v) is 4.07. The first-order valence-electron chi connectivity index (χ1n) is 7.96. The fourth-order valence-electron chi connectivity index (χ4n) is 2.70. The van der Waals surface area contributed by atoms with E-state index in [1.165, 1.54) is 0 Å². The van der Waals surface area contributed by atoms with E-state index in [0.29, 0.717) is 23.7 Å². The van der Waals surface area contributed by atoms with Crippen LogP contribution in [0, 0.1) is 13.8 Å². The molecular weight excluding hydrogens is 316 g/mol. The number of nitrogens with zero attached hydrogens (tertiary/aromatic N) is 3. The average Bonchev–Trinajstić information content (AvgIpc) is 2.91. The summed E-state index contributed by atoms with van der Waals surface area (Å²) < 4.78 is 7.11. The Morgan fingerprint density at radius 1 is 1.20 bits per heavy atom. The second-order valence-electron chi connectivity index (χ2n) is 5.74. The smallest absolute Gasteiger partial charge is 0.257 e.